The summed E-state index contributed by atoms with van der Waals surface area (Å²) in [5.74, 6) is -1.97. The van der Waals surface area contributed by atoms with Crippen LogP contribution in [0.2, 0.25) is 0 Å². The van der Waals surface area contributed by atoms with Crippen molar-refractivity contribution in [1.29, 1.82) is 0 Å². The molecule has 5 nitrogen and oxygen atoms in total. The molecule has 1 aliphatic carbocycles. The van der Waals surface area contributed by atoms with Crippen LogP contribution in [0.3, 0.4) is 0 Å². The summed E-state index contributed by atoms with van der Waals surface area (Å²) in [6.07, 6.45) is -3.48. The van der Waals surface area contributed by atoms with E-state index in [-0.39, 0.29) is 18.5 Å². The van der Waals surface area contributed by atoms with Gasteiger partial charge < -0.3 is 10.2 Å². The maximum atomic E-state index is 13.1. The van der Waals surface area contributed by atoms with Crippen LogP contribution in [-0.2, 0) is 4.79 Å². The number of amides is 2. The van der Waals surface area contributed by atoms with E-state index in [1.165, 1.54) is 11.3 Å². The van der Waals surface area contributed by atoms with E-state index in [4.69, 9.17) is 0 Å². The first kappa shape index (κ1) is 18.0. The molecule has 2 aromatic rings. The molecule has 4 rings (SSSR count). The van der Waals surface area contributed by atoms with Gasteiger partial charge in [0.2, 0.25) is 0 Å². The molecule has 0 unspecified atom stereocenters. The Balaban J connectivity index is 1.53. The van der Waals surface area contributed by atoms with E-state index in [1.807, 2.05) is 35.6 Å². The number of piperidine rings is 1. The van der Waals surface area contributed by atoms with Gasteiger partial charge in [-0.25, -0.2) is 4.98 Å². The highest BCUT2D eigenvalue weighted by molar-refractivity contribution is 7.13. The van der Waals surface area contributed by atoms with E-state index in [0.717, 1.165) is 16.9 Å². The lowest BCUT2D eigenvalue weighted by Gasteiger charge is -2.27. The Morgan fingerprint density at radius 3 is 2.67 bits per heavy atom. The lowest BCUT2D eigenvalue weighted by atomic mass is 10.1. The highest BCUT2D eigenvalue weighted by atomic mass is 32.1. The summed E-state index contributed by atoms with van der Waals surface area (Å²) in [6.45, 7) is -0.206. The van der Waals surface area contributed by atoms with Crippen LogP contribution in [0.5, 0.6) is 0 Å². The van der Waals surface area contributed by atoms with Gasteiger partial charge in [0.1, 0.15) is 5.69 Å². The quantitative estimate of drug-likeness (QED) is 0.866. The van der Waals surface area contributed by atoms with Crippen LogP contribution in [0.1, 0.15) is 23.3 Å². The maximum Gasteiger partial charge on any atom is 0.471 e. The second kappa shape index (κ2) is 6.63. The smallest absolute Gasteiger partial charge is 0.346 e. The molecule has 1 saturated carbocycles. The van der Waals surface area contributed by atoms with Crippen molar-refractivity contribution in [3.05, 3.63) is 41.5 Å². The number of rotatable bonds is 4. The molecule has 2 fully saturated rings. The Morgan fingerprint density at radius 1 is 1.22 bits per heavy atom. The van der Waals surface area contributed by atoms with Gasteiger partial charge in [-0.1, -0.05) is 30.3 Å². The van der Waals surface area contributed by atoms with Crippen molar-refractivity contribution in [3.63, 3.8) is 0 Å². The minimum absolute atomic E-state index is 0.0237. The summed E-state index contributed by atoms with van der Waals surface area (Å²) in [7, 11) is 0. The summed E-state index contributed by atoms with van der Waals surface area (Å²) in [6, 6.07) is 8.95. The molecule has 1 N–H and O–H groups in total. The number of likely N-dealkylation sites (tertiary alicyclic amines) is 1. The van der Waals surface area contributed by atoms with Crippen molar-refractivity contribution >= 4 is 23.2 Å². The van der Waals surface area contributed by atoms with E-state index < -0.39 is 18.1 Å². The third kappa shape index (κ3) is 3.43. The van der Waals surface area contributed by atoms with Crippen LogP contribution in [0, 0.1) is 5.92 Å². The number of nitrogens with one attached hydrogen (secondary N) is 1. The third-order valence-electron chi connectivity index (χ3n) is 5.01. The summed E-state index contributed by atoms with van der Waals surface area (Å²) in [5, 5.41) is 1.91. The summed E-state index contributed by atoms with van der Waals surface area (Å²) in [5.41, 5.74) is 2.78. The first-order valence-corrected chi connectivity index (χ1v) is 9.41. The Kier molecular flexibility index (Phi) is 4.41. The Hall–Kier alpha value is -2.42. The lowest BCUT2D eigenvalue weighted by molar-refractivity contribution is -0.173. The second-order valence-electron chi connectivity index (χ2n) is 6.77. The number of carbonyl (C=O) groups is 2. The SMILES string of the molecule is O=C(c1ncsc1-c1ccccc1)N1[C@H](CNC(=O)C(F)(F)F)C[C@H]2C[C@@H]21. The zero-order valence-electron chi connectivity index (χ0n) is 14.1. The molecule has 0 spiro atoms. The van der Waals surface area contributed by atoms with Crippen LogP contribution in [0.25, 0.3) is 10.4 Å². The molecular weight excluding hydrogens is 379 g/mol. The van der Waals surface area contributed by atoms with Crippen molar-refractivity contribution in [2.45, 2.75) is 31.1 Å². The average Bonchev–Trinajstić information content (AvgIpc) is 3.08. The minimum atomic E-state index is -4.92. The van der Waals surface area contributed by atoms with Gasteiger partial charge in [0.25, 0.3) is 5.91 Å². The number of hydrogen-bond acceptors (Lipinski definition) is 4. The van der Waals surface area contributed by atoms with E-state index in [1.54, 1.807) is 10.4 Å². The maximum absolute atomic E-state index is 13.1. The fraction of sp³-hybridized carbons (Fsp3) is 0.389. The lowest BCUT2D eigenvalue weighted by Crippen LogP contribution is -2.48. The van der Waals surface area contributed by atoms with Gasteiger partial charge in [0.15, 0.2) is 0 Å². The van der Waals surface area contributed by atoms with Crippen molar-refractivity contribution in [1.82, 2.24) is 15.2 Å². The highest BCUT2D eigenvalue weighted by Crippen LogP contribution is 2.48. The fourth-order valence-corrected chi connectivity index (χ4v) is 4.47. The summed E-state index contributed by atoms with van der Waals surface area (Å²) < 4.78 is 37.3. The van der Waals surface area contributed by atoms with E-state index in [0.29, 0.717) is 18.0 Å². The Bertz CT molecular complexity index is 868. The normalized spacial score (nSPS) is 23.8. The summed E-state index contributed by atoms with van der Waals surface area (Å²) >= 11 is 1.35. The van der Waals surface area contributed by atoms with Crippen molar-refractivity contribution in [2.24, 2.45) is 5.92 Å². The number of fused-ring (bicyclic) bond motifs is 1. The number of carbonyl (C=O) groups excluding carboxylic acids is 2. The van der Waals surface area contributed by atoms with Gasteiger partial charge in [-0.15, -0.1) is 11.3 Å². The van der Waals surface area contributed by atoms with Crippen molar-refractivity contribution in [2.75, 3.05) is 6.54 Å². The molecule has 1 saturated heterocycles. The van der Waals surface area contributed by atoms with Crippen LogP contribution in [0.15, 0.2) is 35.8 Å². The van der Waals surface area contributed by atoms with Crippen LogP contribution >= 0.6 is 11.3 Å². The van der Waals surface area contributed by atoms with Crippen LogP contribution in [-0.4, -0.2) is 46.5 Å². The number of alkyl halides is 3. The van der Waals surface area contributed by atoms with Gasteiger partial charge in [0.05, 0.1) is 16.4 Å². The monoisotopic (exact) mass is 395 g/mol. The van der Waals surface area contributed by atoms with Crippen molar-refractivity contribution in [3.8, 4) is 10.4 Å². The minimum Gasteiger partial charge on any atom is -0.346 e. The average molecular weight is 395 g/mol. The van der Waals surface area contributed by atoms with Gasteiger partial charge in [-0.05, 0) is 24.3 Å². The molecule has 2 aliphatic rings. The molecule has 0 bridgehead atoms. The molecule has 142 valence electrons. The van der Waals surface area contributed by atoms with Gasteiger partial charge in [-0.2, -0.15) is 13.2 Å². The summed E-state index contributed by atoms with van der Waals surface area (Å²) in [4.78, 5) is 30.8. The predicted molar refractivity (Wildman–Crippen MR) is 93.1 cm³/mol. The number of nitrogens with zero attached hydrogens (tertiary/aromatic N) is 2. The molecule has 3 atom stereocenters. The largest absolute Gasteiger partial charge is 0.471 e. The molecule has 0 radical (unpaired) electrons. The van der Waals surface area contributed by atoms with E-state index >= 15 is 0 Å². The van der Waals surface area contributed by atoms with E-state index in [2.05, 4.69) is 4.98 Å². The zero-order chi connectivity index (χ0) is 19.2. The third-order valence-corrected chi connectivity index (χ3v) is 5.88. The number of benzene rings is 1. The number of hydrogen-bond donors (Lipinski definition) is 1. The molecule has 2 heterocycles. The predicted octanol–water partition coefficient (Wildman–Crippen LogP) is 3.09. The van der Waals surface area contributed by atoms with Gasteiger partial charge in [0, 0.05) is 12.6 Å². The molecule has 2 amide bonds. The molecule has 1 aromatic carbocycles. The van der Waals surface area contributed by atoms with Gasteiger partial charge >= 0.3 is 12.1 Å². The Morgan fingerprint density at radius 2 is 1.96 bits per heavy atom. The fourth-order valence-electron chi connectivity index (χ4n) is 3.68. The Labute approximate surface area is 157 Å². The topological polar surface area (TPSA) is 62.3 Å². The van der Waals surface area contributed by atoms with Crippen molar-refractivity contribution < 1.29 is 22.8 Å². The molecule has 27 heavy (non-hydrogen) atoms. The molecular formula is C18H16F3N3O2S. The van der Waals surface area contributed by atoms with Crippen LogP contribution in [0.4, 0.5) is 13.2 Å². The number of thiazole rings is 1. The number of aromatic nitrogens is 1. The van der Waals surface area contributed by atoms with Gasteiger partial charge in [-0.3, -0.25) is 9.59 Å². The first-order valence-electron chi connectivity index (χ1n) is 8.53. The standard InChI is InChI=1S/C18H16F3N3O2S/c19-18(20,21)17(26)22-8-12-6-11-7-13(11)24(12)16(25)14-15(27-9-23-14)10-4-2-1-3-5-10/h1-5,9,11-13H,6-8H2,(H,22,26)/t11-,12-,13-/m0/s1. The molecule has 1 aliphatic heterocycles. The molecule has 9 heteroatoms. The van der Waals surface area contributed by atoms with Crippen LogP contribution < -0.4 is 5.32 Å². The first-order chi connectivity index (χ1) is 12.9. The second-order valence-corrected chi connectivity index (χ2v) is 7.62. The zero-order valence-corrected chi connectivity index (χ0v) is 14.9. The molecule has 1 aromatic heterocycles. The number of halogens is 3. The van der Waals surface area contributed by atoms with E-state index in [9.17, 15) is 22.8 Å². The highest BCUT2D eigenvalue weighted by Gasteiger charge is 2.54.